The van der Waals surface area contributed by atoms with Crippen molar-refractivity contribution < 1.29 is 0 Å². The monoisotopic (exact) mass is 332 g/mol. The van der Waals surface area contributed by atoms with Crippen LogP contribution in [0.25, 0.3) is 21.9 Å². The Hall–Kier alpha value is -2.46. The smallest absolute Gasteiger partial charge is 0.219 e. The van der Waals surface area contributed by atoms with E-state index in [1.165, 1.54) is 35.7 Å². The molecule has 1 aliphatic rings. The van der Waals surface area contributed by atoms with Gasteiger partial charge in [0.1, 0.15) is 0 Å². The van der Waals surface area contributed by atoms with E-state index >= 15 is 0 Å². The lowest BCUT2D eigenvalue weighted by atomic mass is 10.0. The number of aromatic nitrogens is 2. The minimum atomic E-state index is 0.307. The van der Waals surface area contributed by atoms with Gasteiger partial charge in [-0.25, -0.2) is 9.97 Å². The Morgan fingerprint density at radius 1 is 1.04 bits per heavy atom. The van der Waals surface area contributed by atoms with Crippen molar-refractivity contribution in [1.29, 1.82) is 0 Å². The van der Waals surface area contributed by atoms with Gasteiger partial charge in [0.2, 0.25) is 5.95 Å². The summed E-state index contributed by atoms with van der Waals surface area (Å²) in [5.74, 6) is 0.307. The molecule has 0 bridgehead atoms. The average Bonchev–Trinajstić information content (AvgIpc) is 3.05. The number of benzene rings is 2. The number of nitrogen functional groups attached to an aromatic ring is 1. The zero-order chi connectivity index (χ0) is 17.2. The maximum absolute atomic E-state index is 5.57. The van der Waals surface area contributed by atoms with Crippen LogP contribution in [0.15, 0.2) is 48.8 Å². The maximum atomic E-state index is 5.57. The first kappa shape index (κ1) is 16.0. The average molecular weight is 332 g/mol. The van der Waals surface area contributed by atoms with Gasteiger partial charge in [-0.05, 0) is 60.7 Å². The first-order valence-electron chi connectivity index (χ1n) is 9.04. The number of fused-ring (bicyclic) bond motifs is 1. The summed E-state index contributed by atoms with van der Waals surface area (Å²) in [6, 6.07) is 14.0. The summed E-state index contributed by atoms with van der Waals surface area (Å²) >= 11 is 0. The van der Waals surface area contributed by atoms with Crippen molar-refractivity contribution in [3.8, 4) is 11.1 Å². The molecule has 0 radical (unpaired) electrons. The van der Waals surface area contributed by atoms with Crippen LogP contribution in [0.1, 0.15) is 25.3 Å². The second-order valence-corrected chi connectivity index (χ2v) is 7.00. The molecule has 1 atom stereocenters. The molecule has 0 saturated carbocycles. The van der Waals surface area contributed by atoms with Crippen LogP contribution >= 0.6 is 0 Å². The highest BCUT2D eigenvalue weighted by atomic mass is 15.2. The highest BCUT2D eigenvalue weighted by Crippen LogP contribution is 2.25. The van der Waals surface area contributed by atoms with Crippen molar-refractivity contribution in [1.82, 2.24) is 14.9 Å². The number of rotatable bonds is 4. The van der Waals surface area contributed by atoms with Crippen LogP contribution in [0.5, 0.6) is 0 Å². The Kier molecular flexibility index (Phi) is 4.36. The lowest BCUT2D eigenvalue weighted by Crippen LogP contribution is -2.28. The van der Waals surface area contributed by atoms with E-state index < -0.39 is 0 Å². The SMILES string of the molecule is CC1CCCN1CCc1ccc2cc(-c3cnc(N)nc3)ccc2c1. The van der Waals surface area contributed by atoms with Crippen molar-refractivity contribution >= 4 is 16.7 Å². The van der Waals surface area contributed by atoms with Crippen molar-refractivity contribution in [3.63, 3.8) is 0 Å². The van der Waals surface area contributed by atoms with Gasteiger partial charge in [-0.1, -0.05) is 30.3 Å². The van der Waals surface area contributed by atoms with Crippen LogP contribution in [0, 0.1) is 0 Å². The maximum Gasteiger partial charge on any atom is 0.219 e. The van der Waals surface area contributed by atoms with Gasteiger partial charge in [0.25, 0.3) is 0 Å². The van der Waals surface area contributed by atoms with Gasteiger partial charge in [-0.15, -0.1) is 0 Å². The van der Waals surface area contributed by atoms with Gasteiger partial charge in [0.15, 0.2) is 0 Å². The summed E-state index contributed by atoms with van der Waals surface area (Å²) in [6.07, 6.45) is 7.35. The molecule has 4 nitrogen and oxygen atoms in total. The summed E-state index contributed by atoms with van der Waals surface area (Å²) in [4.78, 5) is 10.8. The Bertz CT molecular complexity index is 873. The number of likely N-dealkylation sites (tertiary alicyclic amines) is 1. The number of hydrogen-bond donors (Lipinski definition) is 1. The molecule has 1 fully saturated rings. The fourth-order valence-corrected chi connectivity index (χ4v) is 3.72. The summed E-state index contributed by atoms with van der Waals surface area (Å²) in [7, 11) is 0. The minimum Gasteiger partial charge on any atom is -0.368 e. The molecule has 1 aromatic heterocycles. The third kappa shape index (κ3) is 3.49. The van der Waals surface area contributed by atoms with Crippen LogP contribution in [0.3, 0.4) is 0 Å². The first-order chi connectivity index (χ1) is 12.2. The minimum absolute atomic E-state index is 0.307. The predicted molar refractivity (Wildman–Crippen MR) is 103 cm³/mol. The van der Waals surface area contributed by atoms with E-state index in [-0.39, 0.29) is 0 Å². The van der Waals surface area contributed by atoms with Crippen molar-refractivity contribution in [2.24, 2.45) is 0 Å². The van der Waals surface area contributed by atoms with E-state index in [1.807, 2.05) is 0 Å². The summed E-state index contributed by atoms with van der Waals surface area (Å²) < 4.78 is 0. The van der Waals surface area contributed by atoms with Crippen LogP contribution < -0.4 is 5.73 Å². The molecule has 1 unspecified atom stereocenters. The van der Waals surface area contributed by atoms with Crippen molar-refractivity contribution in [3.05, 3.63) is 54.4 Å². The lowest BCUT2D eigenvalue weighted by Gasteiger charge is -2.20. The van der Waals surface area contributed by atoms with E-state index in [0.29, 0.717) is 5.95 Å². The van der Waals surface area contributed by atoms with Gasteiger partial charge in [0.05, 0.1) is 0 Å². The van der Waals surface area contributed by atoms with E-state index in [4.69, 9.17) is 5.73 Å². The third-order valence-corrected chi connectivity index (χ3v) is 5.29. The predicted octanol–water partition coefficient (Wildman–Crippen LogP) is 3.91. The summed E-state index contributed by atoms with van der Waals surface area (Å²) in [6.45, 7) is 4.76. The van der Waals surface area contributed by atoms with Crippen molar-refractivity contribution in [2.75, 3.05) is 18.8 Å². The van der Waals surface area contributed by atoms with E-state index in [1.54, 1.807) is 12.4 Å². The summed E-state index contributed by atoms with van der Waals surface area (Å²) in [5.41, 5.74) is 9.09. The molecule has 2 aromatic carbocycles. The fraction of sp³-hybridized carbons (Fsp3) is 0.333. The molecule has 2 heterocycles. The van der Waals surface area contributed by atoms with Crippen LogP contribution in [0.4, 0.5) is 5.95 Å². The second kappa shape index (κ2) is 6.81. The molecule has 1 aliphatic heterocycles. The van der Waals surface area contributed by atoms with Crippen LogP contribution in [-0.2, 0) is 6.42 Å². The Morgan fingerprint density at radius 3 is 2.56 bits per heavy atom. The quantitative estimate of drug-likeness (QED) is 0.787. The van der Waals surface area contributed by atoms with Gasteiger partial charge in [-0.2, -0.15) is 0 Å². The number of anilines is 1. The molecule has 0 spiro atoms. The van der Waals surface area contributed by atoms with E-state index in [0.717, 1.165) is 30.1 Å². The second-order valence-electron chi connectivity index (χ2n) is 7.00. The highest BCUT2D eigenvalue weighted by Gasteiger charge is 2.19. The standard InChI is InChI=1S/C21H24N4/c1-15-3-2-9-25(15)10-8-16-4-5-18-12-19(7-6-17(18)11-16)20-13-23-21(22)24-14-20/h4-7,11-15H,2-3,8-10H2,1H3,(H2,22,23,24). The zero-order valence-corrected chi connectivity index (χ0v) is 14.7. The Labute approximate surface area is 148 Å². The summed E-state index contributed by atoms with van der Waals surface area (Å²) in [5, 5.41) is 2.53. The topological polar surface area (TPSA) is 55.0 Å². The normalized spacial score (nSPS) is 18.0. The molecule has 0 aliphatic carbocycles. The third-order valence-electron chi connectivity index (χ3n) is 5.29. The molecule has 3 aromatic rings. The van der Waals surface area contributed by atoms with Gasteiger partial charge in [-0.3, -0.25) is 0 Å². The molecular weight excluding hydrogens is 308 g/mol. The molecule has 0 amide bonds. The largest absolute Gasteiger partial charge is 0.368 e. The number of nitrogens with zero attached hydrogens (tertiary/aromatic N) is 3. The van der Waals surface area contributed by atoms with E-state index in [2.05, 4.69) is 58.2 Å². The molecule has 2 N–H and O–H groups in total. The molecule has 4 rings (SSSR count). The Morgan fingerprint density at radius 2 is 1.80 bits per heavy atom. The van der Waals surface area contributed by atoms with Gasteiger partial charge >= 0.3 is 0 Å². The molecule has 25 heavy (non-hydrogen) atoms. The molecular formula is C21H24N4. The number of nitrogens with two attached hydrogens (primary N) is 1. The lowest BCUT2D eigenvalue weighted by molar-refractivity contribution is 0.272. The zero-order valence-electron chi connectivity index (χ0n) is 14.7. The number of hydrogen-bond acceptors (Lipinski definition) is 4. The first-order valence-corrected chi connectivity index (χ1v) is 9.04. The van der Waals surface area contributed by atoms with Crippen molar-refractivity contribution in [2.45, 2.75) is 32.2 Å². The highest BCUT2D eigenvalue weighted by molar-refractivity contribution is 5.87. The van der Waals surface area contributed by atoms with E-state index in [9.17, 15) is 0 Å². The van der Waals surface area contributed by atoms with Gasteiger partial charge in [0, 0.05) is 30.5 Å². The molecule has 128 valence electrons. The molecule has 1 saturated heterocycles. The van der Waals surface area contributed by atoms with Crippen LogP contribution in [0.2, 0.25) is 0 Å². The molecule has 4 heteroatoms. The van der Waals surface area contributed by atoms with Crippen LogP contribution in [-0.4, -0.2) is 34.0 Å². The van der Waals surface area contributed by atoms with Gasteiger partial charge < -0.3 is 10.6 Å². The fourth-order valence-electron chi connectivity index (χ4n) is 3.72. The Balaban J connectivity index is 1.53.